The van der Waals surface area contributed by atoms with Crippen molar-refractivity contribution in [2.45, 2.75) is 77.6 Å². The third-order valence-electron chi connectivity index (χ3n) is 4.11. The number of nitrogens with one attached hydrogen (secondary N) is 1. The van der Waals surface area contributed by atoms with E-state index in [9.17, 15) is 4.79 Å². The van der Waals surface area contributed by atoms with Crippen molar-refractivity contribution in [1.82, 2.24) is 5.48 Å². The van der Waals surface area contributed by atoms with Crippen molar-refractivity contribution in [3.63, 3.8) is 0 Å². The lowest BCUT2D eigenvalue weighted by Gasteiger charge is -2.05. The summed E-state index contributed by atoms with van der Waals surface area (Å²) in [6.07, 6.45) is 14.3. The lowest BCUT2D eigenvalue weighted by Crippen LogP contribution is -2.18. The zero-order valence-electron chi connectivity index (χ0n) is 13.9. The van der Waals surface area contributed by atoms with Crippen LogP contribution in [0.4, 0.5) is 0 Å². The third kappa shape index (κ3) is 8.18. The number of rotatable bonds is 12. The molecule has 2 N–H and O–H groups in total. The van der Waals surface area contributed by atoms with Crippen LogP contribution < -0.4 is 5.48 Å². The molecule has 0 saturated heterocycles. The molecule has 0 saturated carbocycles. The van der Waals surface area contributed by atoms with Gasteiger partial charge in [-0.1, -0.05) is 76.8 Å². The quantitative estimate of drug-likeness (QED) is 0.314. The fourth-order valence-electron chi connectivity index (χ4n) is 2.75. The minimum Gasteiger partial charge on any atom is -0.288 e. The van der Waals surface area contributed by atoms with Crippen molar-refractivity contribution >= 4 is 5.91 Å². The molecule has 0 unspecified atom stereocenters. The number of hydroxylamine groups is 1. The number of carbonyl (C=O) groups excluding carboxylic acids is 1. The van der Waals surface area contributed by atoms with Gasteiger partial charge in [0.05, 0.1) is 0 Å². The van der Waals surface area contributed by atoms with Crippen LogP contribution in [0.5, 0.6) is 0 Å². The molecule has 0 aliphatic carbocycles. The average molecular weight is 305 g/mol. The van der Waals surface area contributed by atoms with Gasteiger partial charge in [0, 0.05) is 5.56 Å². The molecule has 0 aliphatic heterocycles. The van der Waals surface area contributed by atoms with Crippen LogP contribution in [0.25, 0.3) is 0 Å². The summed E-state index contributed by atoms with van der Waals surface area (Å²) in [6.45, 7) is 2.26. The molecule has 22 heavy (non-hydrogen) atoms. The van der Waals surface area contributed by atoms with Crippen molar-refractivity contribution in [2.75, 3.05) is 0 Å². The topological polar surface area (TPSA) is 49.3 Å². The molecule has 0 atom stereocenters. The fourth-order valence-corrected chi connectivity index (χ4v) is 2.75. The molecule has 0 fully saturated rings. The van der Waals surface area contributed by atoms with Crippen LogP contribution in [0.1, 0.15) is 87.1 Å². The summed E-state index contributed by atoms with van der Waals surface area (Å²) in [5.74, 6) is -0.440. The minimum atomic E-state index is -0.440. The molecule has 3 nitrogen and oxygen atoms in total. The SMILES string of the molecule is CCCCCCCCCCCCc1cccc(C(=O)NO)c1. The number of benzene rings is 1. The Morgan fingerprint density at radius 3 is 2.14 bits per heavy atom. The summed E-state index contributed by atoms with van der Waals surface area (Å²) in [5.41, 5.74) is 3.37. The molecule has 0 heterocycles. The molecule has 3 heteroatoms. The van der Waals surface area contributed by atoms with Crippen molar-refractivity contribution in [3.8, 4) is 0 Å². The summed E-state index contributed by atoms with van der Waals surface area (Å²) in [6, 6.07) is 7.49. The van der Waals surface area contributed by atoms with Crippen LogP contribution in [0.3, 0.4) is 0 Å². The Morgan fingerprint density at radius 2 is 1.55 bits per heavy atom. The van der Waals surface area contributed by atoms with Crippen molar-refractivity contribution in [3.05, 3.63) is 35.4 Å². The average Bonchev–Trinajstić information content (AvgIpc) is 2.56. The normalized spacial score (nSPS) is 10.6. The van der Waals surface area contributed by atoms with Crippen molar-refractivity contribution in [1.29, 1.82) is 0 Å². The highest BCUT2D eigenvalue weighted by Gasteiger charge is 2.04. The van der Waals surface area contributed by atoms with E-state index in [0.717, 1.165) is 6.42 Å². The summed E-state index contributed by atoms with van der Waals surface area (Å²) < 4.78 is 0. The largest absolute Gasteiger partial charge is 0.288 e. The third-order valence-corrected chi connectivity index (χ3v) is 4.11. The second kappa shape index (κ2) is 12.2. The molecule has 0 bridgehead atoms. The van der Waals surface area contributed by atoms with Gasteiger partial charge in [-0.25, -0.2) is 5.48 Å². The first-order valence-electron chi connectivity index (χ1n) is 8.81. The Labute approximate surface area is 135 Å². The van der Waals surface area contributed by atoms with Gasteiger partial charge in [0.1, 0.15) is 0 Å². The van der Waals surface area contributed by atoms with E-state index >= 15 is 0 Å². The summed E-state index contributed by atoms with van der Waals surface area (Å²) in [5, 5.41) is 8.64. The van der Waals surface area contributed by atoms with E-state index in [1.54, 1.807) is 11.5 Å². The van der Waals surface area contributed by atoms with Gasteiger partial charge in [-0.15, -0.1) is 0 Å². The van der Waals surface area contributed by atoms with E-state index in [1.165, 1.54) is 69.8 Å². The second-order valence-corrected chi connectivity index (χ2v) is 6.07. The highest BCUT2D eigenvalue weighted by molar-refractivity contribution is 5.93. The standard InChI is InChI=1S/C19H31NO2/c1-2-3-4-5-6-7-8-9-10-11-13-17-14-12-15-18(16-17)19(21)20-22/h12,14-16,22H,2-11,13H2,1H3,(H,20,21). The Bertz CT molecular complexity index is 418. The van der Waals surface area contributed by atoms with E-state index < -0.39 is 5.91 Å². The maximum Gasteiger partial charge on any atom is 0.274 e. The van der Waals surface area contributed by atoms with Gasteiger partial charge < -0.3 is 0 Å². The smallest absolute Gasteiger partial charge is 0.274 e. The van der Waals surface area contributed by atoms with Crippen LogP contribution in [0.2, 0.25) is 0 Å². The van der Waals surface area contributed by atoms with Crippen LogP contribution in [0.15, 0.2) is 24.3 Å². The molecule has 1 rings (SSSR count). The molecule has 0 radical (unpaired) electrons. The van der Waals surface area contributed by atoms with Gasteiger partial charge in [-0.2, -0.15) is 0 Å². The first-order valence-corrected chi connectivity index (χ1v) is 8.81. The van der Waals surface area contributed by atoms with E-state index in [0.29, 0.717) is 5.56 Å². The predicted octanol–water partition coefficient (Wildman–Crippen LogP) is 5.27. The minimum absolute atomic E-state index is 0.440. The maximum atomic E-state index is 11.3. The van der Waals surface area contributed by atoms with E-state index in [1.807, 2.05) is 18.2 Å². The van der Waals surface area contributed by atoms with E-state index in [-0.39, 0.29) is 0 Å². The first-order chi connectivity index (χ1) is 10.8. The Balaban J connectivity index is 2.06. The van der Waals surface area contributed by atoms with Gasteiger partial charge in [0.25, 0.3) is 5.91 Å². The Hall–Kier alpha value is -1.35. The molecular weight excluding hydrogens is 274 g/mol. The van der Waals surface area contributed by atoms with Crippen LogP contribution in [-0.2, 0) is 6.42 Å². The highest BCUT2D eigenvalue weighted by atomic mass is 16.5. The zero-order chi connectivity index (χ0) is 16.0. The Morgan fingerprint density at radius 1 is 0.955 bits per heavy atom. The van der Waals surface area contributed by atoms with E-state index in [2.05, 4.69) is 6.92 Å². The lowest BCUT2D eigenvalue weighted by atomic mass is 10.0. The summed E-state index contributed by atoms with van der Waals surface area (Å²) in [4.78, 5) is 11.3. The number of hydrogen-bond acceptors (Lipinski definition) is 2. The van der Waals surface area contributed by atoms with Crippen LogP contribution in [-0.4, -0.2) is 11.1 Å². The summed E-state index contributed by atoms with van der Waals surface area (Å²) >= 11 is 0. The number of aryl methyl sites for hydroxylation is 1. The molecule has 0 spiro atoms. The molecule has 0 aromatic heterocycles. The number of carbonyl (C=O) groups is 1. The fraction of sp³-hybridized carbons (Fsp3) is 0.632. The predicted molar refractivity (Wildman–Crippen MR) is 91.2 cm³/mol. The molecule has 1 aromatic carbocycles. The van der Waals surface area contributed by atoms with Crippen molar-refractivity contribution in [2.24, 2.45) is 0 Å². The maximum absolute atomic E-state index is 11.3. The van der Waals surface area contributed by atoms with Gasteiger partial charge in [-0.3, -0.25) is 10.0 Å². The number of amides is 1. The van der Waals surface area contributed by atoms with Gasteiger partial charge in [0.15, 0.2) is 0 Å². The zero-order valence-corrected chi connectivity index (χ0v) is 13.9. The van der Waals surface area contributed by atoms with Gasteiger partial charge in [0.2, 0.25) is 0 Å². The van der Waals surface area contributed by atoms with Crippen LogP contribution >= 0.6 is 0 Å². The van der Waals surface area contributed by atoms with Gasteiger partial charge in [-0.05, 0) is 30.5 Å². The number of unbranched alkanes of at least 4 members (excludes halogenated alkanes) is 9. The number of hydrogen-bond donors (Lipinski definition) is 2. The monoisotopic (exact) mass is 305 g/mol. The molecular formula is C19H31NO2. The molecule has 124 valence electrons. The highest BCUT2D eigenvalue weighted by Crippen LogP contribution is 2.13. The molecule has 1 amide bonds. The van der Waals surface area contributed by atoms with Crippen molar-refractivity contribution < 1.29 is 10.0 Å². The van der Waals surface area contributed by atoms with Gasteiger partial charge >= 0.3 is 0 Å². The second-order valence-electron chi connectivity index (χ2n) is 6.07. The molecule has 1 aromatic rings. The lowest BCUT2D eigenvalue weighted by molar-refractivity contribution is 0.0706. The van der Waals surface area contributed by atoms with Crippen LogP contribution in [0, 0.1) is 0 Å². The molecule has 0 aliphatic rings. The van der Waals surface area contributed by atoms with E-state index in [4.69, 9.17) is 5.21 Å². The summed E-state index contributed by atoms with van der Waals surface area (Å²) in [7, 11) is 0. The first kappa shape index (κ1) is 18.7. The Kier molecular flexibility index (Phi) is 10.4.